The molecule has 0 unspecified atom stereocenters. The van der Waals surface area contributed by atoms with Gasteiger partial charge in [-0.15, -0.1) is 10.2 Å². The molecular weight excluding hydrogens is 337 g/mol. The Morgan fingerprint density at radius 2 is 2.22 bits per heavy atom. The molecule has 0 aliphatic carbocycles. The third-order valence-corrected chi connectivity index (χ3v) is 4.03. The molecule has 0 spiro atoms. The number of anilines is 1. The van der Waals surface area contributed by atoms with Crippen molar-refractivity contribution in [1.82, 2.24) is 20.0 Å². The van der Waals surface area contributed by atoms with Crippen molar-refractivity contribution in [2.24, 2.45) is 0 Å². The van der Waals surface area contributed by atoms with Crippen molar-refractivity contribution in [1.29, 1.82) is 0 Å². The van der Waals surface area contributed by atoms with Crippen molar-refractivity contribution < 1.29 is 22.5 Å². The zero-order valence-electron chi connectivity index (χ0n) is 12.1. The lowest BCUT2D eigenvalue weighted by Gasteiger charge is -2.13. The first kappa shape index (κ1) is 17.1. The number of rotatable bonds is 5. The number of carbonyl (C=O) groups is 1. The molecule has 12 heteroatoms. The number of nitrogens with one attached hydrogen (secondary N) is 1. The molecule has 2 rings (SSSR count). The number of carbonyl (C=O) groups excluding carboxylic acids is 1. The minimum absolute atomic E-state index is 0.212. The van der Waals surface area contributed by atoms with E-state index in [1.807, 2.05) is 0 Å². The normalized spacial score (nSPS) is 13.1. The van der Waals surface area contributed by atoms with Crippen molar-refractivity contribution in [3.8, 4) is 0 Å². The van der Waals surface area contributed by atoms with Crippen LogP contribution in [0.15, 0.2) is 15.7 Å². The van der Waals surface area contributed by atoms with Crippen molar-refractivity contribution in [2.45, 2.75) is 36.9 Å². The lowest BCUT2D eigenvalue weighted by atomic mass is 10.3. The first-order valence-corrected chi connectivity index (χ1v) is 7.28. The number of hydrogen-bond acceptors (Lipinski definition) is 7. The molecule has 0 radical (unpaired) electrons. The van der Waals surface area contributed by atoms with Crippen LogP contribution in [0.5, 0.6) is 0 Å². The van der Waals surface area contributed by atoms with E-state index >= 15 is 0 Å². The molecule has 0 aliphatic heterocycles. The van der Waals surface area contributed by atoms with Crippen molar-refractivity contribution in [2.75, 3.05) is 11.2 Å². The summed E-state index contributed by atoms with van der Waals surface area (Å²) in [4.78, 5) is 12.1. The molecule has 23 heavy (non-hydrogen) atoms. The highest BCUT2D eigenvalue weighted by Crippen LogP contribution is 2.31. The zero-order valence-corrected chi connectivity index (χ0v) is 12.9. The molecule has 0 aliphatic rings. The van der Waals surface area contributed by atoms with Gasteiger partial charge in [-0.2, -0.15) is 13.2 Å². The number of alkyl halides is 3. The van der Waals surface area contributed by atoms with Gasteiger partial charge in [0, 0.05) is 6.07 Å². The van der Waals surface area contributed by atoms with Gasteiger partial charge in [-0.05, 0) is 13.3 Å². The summed E-state index contributed by atoms with van der Waals surface area (Å²) in [5.41, 5.74) is 0. The van der Waals surface area contributed by atoms with Crippen LogP contribution in [0.25, 0.3) is 0 Å². The van der Waals surface area contributed by atoms with Crippen LogP contribution >= 0.6 is 11.8 Å². The van der Waals surface area contributed by atoms with Crippen molar-refractivity contribution in [3.63, 3.8) is 0 Å². The number of halogens is 3. The molecule has 0 saturated heterocycles. The minimum Gasteiger partial charge on any atom is -0.360 e. The minimum atomic E-state index is -4.72. The molecule has 0 aromatic carbocycles. The van der Waals surface area contributed by atoms with Gasteiger partial charge in [0.2, 0.25) is 11.1 Å². The topological polar surface area (TPSA) is 112 Å². The van der Waals surface area contributed by atoms with Gasteiger partial charge >= 0.3 is 6.18 Å². The van der Waals surface area contributed by atoms with E-state index in [9.17, 15) is 18.0 Å². The number of aromatic nitrogens is 4. The second-order valence-electron chi connectivity index (χ2n) is 4.50. The highest BCUT2D eigenvalue weighted by Gasteiger charge is 2.38. The van der Waals surface area contributed by atoms with E-state index in [1.54, 1.807) is 13.8 Å². The maximum atomic E-state index is 12.6. The van der Waals surface area contributed by atoms with Crippen LogP contribution in [-0.4, -0.2) is 31.2 Å². The molecule has 1 amide bonds. The van der Waals surface area contributed by atoms with Crippen LogP contribution in [-0.2, 0) is 11.0 Å². The Balaban J connectivity index is 2.10. The van der Waals surface area contributed by atoms with Gasteiger partial charge in [-0.1, -0.05) is 23.8 Å². The Morgan fingerprint density at radius 3 is 2.70 bits per heavy atom. The number of thioether (sulfide) groups is 1. The van der Waals surface area contributed by atoms with E-state index in [0.29, 0.717) is 16.9 Å². The third-order valence-electron chi connectivity index (χ3n) is 2.71. The fourth-order valence-electron chi connectivity index (χ4n) is 1.63. The fraction of sp³-hybridized carbons (Fsp3) is 0.455. The van der Waals surface area contributed by atoms with Crippen LogP contribution in [0, 0.1) is 6.92 Å². The Bertz CT molecular complexity index is 698. The van der Waals surface area contributed by atoms with Crippen LogP contribution in [0.3, 0.4) is 0 Å². The largest absolute Gasteiger partial charge is 0.453 e. The highest BCUT2D eigenvalue weighted by molar-refractivity contribution is 8.00. The second-order valence-corrected chi connectivity index (χ2v) is 5.67. The molecule has 2 aromatic heterocycles. The number of hydrogen-bond donors (Lipinski definition) is 2. The second kappa shape index (κ2) is 6.48. The quantitative estimate of drug-likeness (QED) is 0.625. The molecule has 1 atom stereocenters. The fourth-order valence-corrected chi connectivity index (χ4v) is 2.51. The summed E-state index contributed by atoms with van der Waals surface area (Å²) in [5.74, 6) is 4.28. The van der Waals surface area contributed by atoms with Crippen molar-refractivity contribution >= 4 is 23.5 Å². The average Bonchev–Trinajstić information content (AvgIpc) is 3.01. The van der Waals surface area contributed by atoms with E-state index in [0.717, 1.165) is 11.8 Å². The molecular formula is C11H13F3N6O2S. The number of nitrogens with two attached hydrogens (primary N) is 1. The maximum absolute atomic E-state index is 12.6. The van der Waals surface area contributed by atoms with Gasteiger partial charge in [0.25, 0.3) is 5.82 Å². The predicted octanol–water partition coefficient (Wildman–Crippen LogP) is 1.82. The van der Waals surface area contributed by atoms with E-state index in [1.165, 1.54) is 6.07 Å². The summed E-state index contributed by atoms with van der Waals surface area (Å²) in [6, 6.07) is 1.52. The van der Waals surface area contributed by atoms with E-state index < -0.39 is 23.2 Å². The molecule has 126 valence electrons. The lowest BCUT2D eigenvalue weighted by Crippen LogP contribution is -2.26. The number of aryl methyl sites for hydroxylation is 1. The molecule has 3 N–H and O–H groups in total. The zero-order chi connectivity index (χ0) is 17.2. The Labute approximate surface area is 132 Å². The Hall–Kier alpha value is -2.24. The van der Waals surface area contributed by atoms with Crippen LogP contribution in [0.4, 0.5) is 19.0 Å². The van der Waals surface area contributed by atoms with E-state index in [2.05, 4.69) is 20.7 Å². The van der Waals surface area contributed by atoms with Gasteiger partial charge in [0.05, 0.1) is 5.25 Å². The van der Waals surface area contributed by atoms with Gasteiger partial charge in [0.1, 0.15) is 5.76 Å². The lowest BCUT2D eigenvalue weighted by molar-refractivity contribution is -0.146. The number of amides is 1. The van der Waals surface area contributed by atoms with E-state index in [4.69, 9.17) is 10.4 Å². The molecule has 0 bridgehead atoms. The Morgan fingerprint density at radius 1 is 1.52 bits per heavy atom. The summed E-state index contributed by atoms with van der Waals surface area (Å²) < 4.78 is 43.0. The summed E-state index contributed by atoms with van der Waals surface area (Å²) in [6.45, 7) is 3.36. The van der Waals surface area contributed by atoms with Crippen LogP contribution in [0.2, 0.25) is 0 Å². The first-order valence-electron chi connectivity index (χ1n) is 6.41. The van der Waals surface area contributed by atoms with Gasteiger partial charge in [-0.3, -0.25) is 4.79 Å². The molecule has 8 nitrogen and oxygen atoms in total. The SMILES string of the molecule is CC[C@@H](Sc1nnc(C(F)(F)F)n1N)C(=O)Nc1cc(C)on1. The highest BCUT2D eigenvalue weighted by atomic mass is 32.2. The van der Waals surface area contributed by atoms with Crippen LogP contribution in [0.1, 0.15) is 24.9 Å². The summed E-state index contributed by atoms with van der Waals surface area (Å²) >= 11 is 0.780. The van der Waals surface area contributed by atoms with E-state index in [-0.39, 0.29) is 11.0 Å². The van der Waals surface area contributed by atoms with Gasteiger partial charge in [0.15, 0.2) is 5.82 Å². The van der Waals surface area contributed by atoms with Gasteiger partial charge < -0.3 is 15.7 Å². The first-order chi connectivity index (χ1) is 10.7. The summed E-state index contributed by atoms with van der Waals surface area (Å²) in [6.07, 6.45) is -4.38. The molecule has 2 aromatic rings. The monoisotopic (exact) mass is 350 g/mol. The third kappa shape index (κ3) is 3.94. The smallest absolute Gasteiger partial charge is 0.360 e. The molecule has 0 fully saturated rings. The van der Waals surface area contributed by atoms with Crippen molar-refractivity contribution in [3.05, 3.63) is 17.7 Å². The number of nitrogens with zero attached hydrogens (tertiary/aromatic N) is 4. The summed E-state index contributed by atoms with van der Waals surface area (Å²) in [7, 11) is 0. The predicted molar refractivity (Wildman–Crippen MR) is 75.0 cm³/mol. The summed E-state index contributed by atoms with van der Waals surface area (Å²) in [5, 5.41) is 11.6. The van der Waals surface area contributed by atoms with Crippen LogP contribution < -0.4 is 11.2 Å². The van der Waals surface area contributed by atoms with Gasteiger partial charge in [-0.25, -0.2) is 4.68 Å². The average molecular weight is 350 g/mol. The maximum Gasteiger partial charge on any atom is 0.453 e. The molecule has 2 heterocycles. The Kier molecular flexibility index (Phi) is 4.82. The number of nitrogen functional groups attached to an aromatic ring is 1. The molecule has 0 saturated carbocycles. The standard InChI is InChI=1S/C11H13F3N6O2S/c1-3-6(8(21)16-7-4-5(2)22-19-7)23-10-18-17-9(20(10)15)11(12,13)14/h4,6H,3,15H2,1-2H3,(H,16,19,21)/t6-/m1/s1.